The second-order valence-electron chi connectivity index (χ2n) is 9.08. The second kappa shape index (κ2) is 19.1. The van der Waals surface area contributed by atoms with Crippen LogP contribution in [0.4, 0.5) is 22.7 Å². The average molecular weight is 699 g/mol. The van der Waals surface area contributed by atoms with Crippen molar-refractivity contribution in [2.75, 3.05) is 23.8 Å². The number of hydrogen-bond donors (Lipinski definition) is 3. The second-order valence-corrected chi connectivity index (χ2v) is 9.44. The Morgan fingerprint density at radius 2 is 1.12 bits per heavy atom. The molecular weight excluding hydrogens is 655 g/mol. The number of fused-ring (bicyclic) bond motifs is 1. The van der Waals surface area contributed by atoms with Gasteiger partial charge in [0.1, 0.15) is 0 Å². The smallest absolute Gasteiger partial charge is 0.196 e. The van der Waals surface area contributed by atoms with Gasteiger partial charge in [0.2, 0.25) is 0 Å². The van der Waals surface area contributed by atoms with Gasteiger partial charge in [-0.1, -0.05) is 64.1 Å². The number of hydrogen-bond acceptors (Lipinski definition) is 7. The van der Waals surface area contributed by atoms with E-state index in [0.29, 0.717) is 53.1 Å². The summed E-state index contributed by atoms with van der Waals surface area (Å²) in [5.74, 6) is -0.392. The van der Waals surface area contributed by atoms with Crippen molar-refractivity contribution in [3.8, 4) is 0 Å². The number of carbonyl (C=O) groups is 2. The molecule has 0 fully saturated rings. The van der Waals surface area contributed by atoms with E-state index in [1.54, 1.807) is 49.0 Å². The zero-order chi connectivity index (χ0) is 31.8. The number of halogens is 1. The first-order valence-electron chi connectivity index (χ1n) is 14.8. The number of aryl methyl sites for hydroxylation is 1. The summed E-state index contributed by atoms with van der Waals surface area (Å²) < 4.78 is 4.61. The third kappa shape index (κ3) is 9.34. The van der Waals surface area contributed by atoms with Crippen LogP contribution in [0.1, 0.15) is 79.8 Å². The van der Waals surface area contributed by atoms with Crippen LogP contribution in [0.5, 0.6) is 0 Å². The predicted octanol–water partition coefficient (Wildman–Crippen LogP) is 9.26. The van der Waals surface area contributed by atoms with E-state index in [2.05, 4.69) is 13.9 Å². The minimum Gasteiger partial charge on any atom is -0.396 e. The number of anilines is 4. The van der Waals surface area contributed by atoms with Crippen LogP contribution in [0.15, 0.2) is 84.0 Å². The number of allylic oxidation sites excluding steroid dienone is 4. The van der Waals surface area contributed by atoms with E-state index in [-0.39, 0.29) is 18.2 Å². The van der Waals surface area contributed by atoms with Gasteiger partial charge in [-0.15, -0.1) is 0 Å². The summed E-state index contributed by atoms with van der Waals surface area (Å²) >= 11 is 1.69. The average Bonchev–Trinajstić information content (AvgIpc) is 3.05. The van der Waals surface area contributed by atoms with Gasteiger partial charge < -0.3 is 15.7 Å². The Morgan fingerprint density at radius 3 is 1.49 bits per heavy atom. The SMILES string of the molecule is C/C=C1/C(=O)c2c(Nc3ccc(CCCO)cc3)ccc(Nc3ccc(CCOOI)cc3)c2C(=O)/C1=C/C.CC.CC. The number of aliphatic hydroxyl groups excluding tert-OH is 1. The lowest BCUT2D eigenvalue weighted by Gasteiger charge is -2.25. The fourth-order valence-electron chi connectivity index (χ4n) is 4.66. The fraction of sp³-hybridized carbons (Fsp3) is 0.314. The highest BCUT2D eigenvalue weighted by Gasteiger charge is 2.35. The van der Waals surface area contributed by atoms with Crippen LogP contribution in [0, 0.1) is 0 Å². The molecule has 0 saturated carbocycles. The van der Waals surface area contributed by atoms with E-state index >= 15 is 0 Å². The first kappa shape index (κ1) is 35.9. The van der Waals surface area contributed by atoms with Gasteiger partial charge in [-0.25, -0.2) is 4.89 Å². The van der Waals surface area contributed by atoms with E-state index < -0.39 is 0 Å². The molecule has 8 heteroatoms. The van der Waals surface area contributed by atoms with Crippen LogP contribution < -0.4 is 10.6 Å². The lowest BCUT2D eigenvalue weighted by atomic mass is 9.80. The standard InChI is InChI=1S/C31H31IN2O5.2C2H6/c1-3-24-25(4-2)31(37)29-27(34-23-13-9-21(10-14-23)17-19-38-39-32)16-15-26(28(29)30(24)36)33-22-11-7-20(8-12-22)6-5-18-35;2*1-2/h3-4,7-16,33-35H,5-6,17-19H2,1-2H3;2*1-2H3/b24-3+,25-4+;;. The van der Waals surface area contributed by atoms with Crippen LogP contribution in [0.25, 0.3) is 0 Å². The molecule has 0 amide bonds. The fourth-order valence-corrected chi connectivity index (χ4v) is 4.84. The van der Waals surface area contributed by atoms with Gasteiger partial charge >= 0.3 is 0 Å². The van der Waals surface area contributed by atoms with Crippen molar-refractivity contribution in [3.63, 3.8) is 0 Å². The molecule has 4 rings (SSSR count). The van der Waals surface area contributed by atoms with Crippen molar-refractivity contribution >= 4 is 57.3 Å². The van der Waals surface area contributed by atoms with Gasteiger partial charge in [0.25, 0.3) is 0 Å². The third-order valence-electron chi connectivity index (χ3n) is 6.62. The minimum absolute atomic E-state index is 0.150. The van der Waals surface area contributed by atoms with Crippen LogP contribution in [0.2, 0.25) is 0 Å². The van der Waals surface area contributed by atoms with Gasteiger partial charge in [-0.3, -0.25) is 9.59 Å². The largest absolute Gasteiger partial charge is 0.396 e. The Hall–Kier alpha value is -3.31. The molecule has 3 aromatic carbocycles. The van der Waals surface area contributed by atoms with Crippen molar-refractivity contribution < 1.29 is 22.8 Å². The molecule has 0 spiro atoms. The first-order valence-corrected chi connectivity index (χ1v) is 15.7. The lowest BCUT2D eigenvalue weighted by Crippen LogP contribution is -2.25. The molecule has 0 aromatic heterocycles. The Labute approximate surface area is 270 Å². The van der Waals surface area contributed by atoms with Gasteiger partial charge in [-0.05, 0) is 80.6 Å². The zero-order valence-electron chi connectivity index (χ0n) is 25.9. The number of Topliss-reactive ketones (excluding diaryl/α,β-unsaturated/α-hetero) is 2. The van der Waals surface area contributed by atoms with E-state index in [9.17, 15) is 9.59 Å². The predicted molar refractivity (Wildman–Crippen MR) is 185 cm³/mol. The molecule has 0 unspecified atom stereocenters. The van der Waals surface area contributed by atoms with Gasteiger partial charge in [0.05, 0.1) is 29.1 Å². The van der Waals surface area contributed by atoms with E-state index in [1.807, 2.05) is 88.4 Å². The van der Waals surface area contributed by atoms with Crippen LogP contribution >= 0.6 is 23.0 Å². The summed E-state index contributed by atoms with van der Waals surface area (Å²) in [6.45, 7) is 12.1. The van der Waals surface area contributed by atoms with Crippen LogP contribution in [0.3, 0.4) is 0 Å². The highest BCUT2D eigenvalue weighted by Crippen LogP contribution is 2.40. The maximum atomic E-state index is 13.7. The summed E-state index contributed by atoms with van der Waals surface area (Å²) in [4.78, 5) is 32.4. The summed E-state index contributed by atoms with van der Waals surface area (Å²) in [7, 11) is 0. The summed E-state index contributed by atoms with van der Waals surface area (Å²) in [6.07, 6.45) is 5.59. The molecule has 0 bridgehead atoms. The molecule has 3 N–H and O–H groups in total. The molecule has 3 aromatic rings. The molecular formula is C35H43IN2O5. The molecule has 0 heterocycles. The van der Waals surface area contributed by atoms with Crippen molar-refractivity contribution in [1.82, 2.24) is 0 Å². The van der Waals surface area contributed by atoms with Crippen molar-refractivity contribution in [3.05, 3.63) is 106 Å². The summed E-state index contributed by atoms with van der Waals surface area (Å²) in [6, 6.07) is 19.3. The monoisotopic (exact) mass is 698 g/mol. The number of rotatable bonds is 11. The topological polar surface area (TPSA) is 96.9 Å². The zero-order valence-corrected chi connectivity index (χ0v) is 28.1. The van der Waals surface area contributed by atoms with Gasteiger partial charge in [0.15, 0.2) is 34.6 Å². The number of benzene rings is 3. The maximum absolute atomic E-state index is 13.7. The van der Waals surface area contributed by atoms with Crippen molar-refractivity contribution in [2.45, 2.75) is 60.8 Å². The van der Waals surface area contributed by atoms with Crippen LogP contribution in [-0.4, -0.2) is 29.9 Å². The number of aliphatic hydroxyl groups is 1. The number of ketones is 2. The maximum Gasteiger partial charge on any atom is 0.196 e. The molecule has 230 valence electrons. The number of nitrogens with one attached hydrogen (secondary N) is 2. The number of carbonyl (C=O) groups excluding carboxylic acids is 2. The van der Waals surface area contributed by atoms with Crippen molar-refractivity contribution in [1.29, 1.82) is 0 Å². The summed E-state index contributed by atoms with van der Waals surface area (Å²) in [5, 5.41) is 15.8. The third-order valence-corrected chi connectivity index (χ3v) is 6.88. The van der Waals surface area contributed by atoms with E-state index in [4.69, 9.17) is 9.99 Å². The highest BCUT2D eigenvalue weighted by molar-refractivity contribution is 14.1. The molecule has 0 aliphatic heterocycles. The summed E-state index contributed by atoms with van der Waals surface area (Å²) in [5.41, 5.74) is 6.43. The Balaban J connectivity index is 0.00000155. The Morgan fingerprint density at radius 1 is 0.698 bits per heavy atom. The highest BCUT2D eigenvalue weighted by atomic mass is 127. The normalized spacial score (nSPS) is 14.0. The Kier molecular flexibility index (Phi) is 15.9. The van der Waals surface area contributed by atoms with E-state index in [1.165, 1.54) is 0 Å². The molecule has 7 nitrogen and oxygen atoms in total. The molecule has 1 aliphatic rings. The Bertz CT molecular complexity index is 1400. The molecule has 0 saturated heterocycles. The van der Waals surface area contributed by atoms with Gasteiger partial charge in [0, 0.05) is 29.1 Å². The molecule has 1 aliphatic carbocycles. The van der Waals surface area contributed by atoms with E-state index in [0.717, 1.165) is 28.9 Å². The van der Waals surface area contributed by atoms with Crippen LogP contribution in [-0.2, 0) is 20.9 Å². The lowest BCUT2D eigenvalue weighted by molar-refractivity contribution is -0.164. The molecule has 0 atom stereocenters. The minimum atomic E-state index is -0.196. The van der Waals surface area contributed by atoms with Crippen molar-refractivity contribution in [2.24, 2.45) is 0 Å². The molecule has 43 heavy (non-hydrogen) atoms. The molecule has 0 radical (unpaired) electrons. The first-order chi connectivity index (χ1) is 21.0. The van der Waals surface area contributed by atoms with Gasteiger partial charge in [-0.2, -0.15) is 3.22 Å². The quantitative estimate of drug-likeness (QED) is 0.0604.